The number of likely N-dealkylation sites (tertiary alicyclic amines) is 1. The van der Waals surface area contributed by atoms with Gasteiger partial charge in [-0.2, -0.15) is 0 Å². The fourth-order valence-electron chi connectivity index (χ4n) is 5.29. The number of ether oxygens (including phenoxy) is 2. The number of nitrogens with one attached hydrogen (secondary N) is 2. The van der Waals surface area contributed by atoms with Gasteiger partial charge in [-0.25, -0.2) is 0 Å². The van der Waals surface area contributed by atoms with Crippen LogP contribution in [0.3, 0.4) is 0 Å². The van der Waals surface area contributed by atoms with Crippen molar-refractivity contribution in [3.63, 3.8) is 0 Å². The number of nitrogens with zero attached hydrogens (tertiary/aromatic N) is 2. The van der Waals surface area contributed by atoms with Gasteiger partial charge < -0.3 is 30.1 Å². The van der Waals surface area contributed by atoms with Crippen LogP contribution in [0.15, 0.2) is 47.5 Å². The first-order valence-corrected chi connectivity index (χ1v) is 13.1. The summed E-state index contributed by atoms with van der Waals surface area (Å²) in [5.74, 6) is 1.77. The first-order valence-electron chi connectivity index (χ1n) is 13.1. The van der Waals surface area contributed by atoms with Crippen LogP contribution < -0.4 is 20.1 Å². The van der Waals surface area contributed by atoms with E-state index in [4.69, 9.17) is 9.47 Å². The highest BCUT2D eigenvalue weighted by atomic mass is 16.7. The van der Waals surface area contributed by atoms with E-state index in [0.29, 0.717) is 36.1 Å². The minimum atomic E-state index is -0.800. The van der Waals surface area contributed by atoms with E-state index in [0.717, 1.165) is 62.4 Å². The number of fused-ring (bicyclic) bond motifs is 1. The van der Waals surface area contributed by atoms with Crippen molar-refractivity contribution in [3.05, 3.63) is 53.6 Å². The van der Waals surface area contributed by atoms with Crippen LogP contribution in [-0.4, -0.2) is 60.8 Å². The normalized spacial score (nSPS) is 18.1. The number of benzene rings is 2. The third-order valence-electron chi connectivity index (χ3n) is 7.38. The number of anilines is 1. The van der Waals surface area contributed by atoms with Gasteiger partial charge >= 0.3 is 5.97 Å². The Bertz CT molecular complexity index is 1160. The second-order valence-corrected chi connectivity index (χ2v) is 9.94. The van der Waals surface area contributed by atoms with E-state index in [1.165, 1.54) is 0 Å². The van der Waals surface area contributed by atoms with Crippen LogP contribution in [0.5, 0.6) is 11.5 Å². The first kappa shape index (κ1) is 24.9. The van der Waals surface area contributed by atoms with Crippen molar-refractivity contribution < 1.29 is 24.2 Å². The van der Waals surface area contributed by atoms with Gasteiger partial charge in [0.15, 0.2) is 17.5 Å². The van der Waals surface area contributed by atoms with Crippen molar-refractivity contribution in [2.75, 3.05) is 38.3 Å². The van der Waals surface area contributed by atoms with E-state index in [1.54, 1.807) is 0 Å². The molecule has 0 spiro atoms. The molecular formula is C28H34N4O5. The van der Waals surface area contributed by atoms with Gasteiger partial charge in [-0.05, 0) is 79.8 Å². The number of piperidine rings is 1. The SMILES string of the molecule is O=C(O)CC(CCC1CCN(C(=O)c2cccc(NC3=NCCCN3)c2)CC1)c1ccc2c(c1)OCO2. The highest BCUT2D eigenvalue weighted by molar-refractivity contribution is 5.98. The highest BCUT2D eigenvalue weighted by Crippen LogP contribution is 2.38. The summed E-state index contributed by atoms with van der Waals surface area (Å²) in [6.07, 6.45) is 4.68. The summed E-state index contributed by atoms with van der Waals surface area (Å²) in [7, 11) is 0. The number of rotatable bonds is 8. The average molecular weight is 507 g/mol. The Morgan fingerprint density at radius 2 is 1.97 bits per heavy atom. The predicted octanol–water partition coefficient (Wildman–Crippen LogP) is 4.07. The zero-order valence-electron chi connectivity index (χ0n) is 20.9. The van der Waals surface area contributed by atoms with Gasteiger partial charge in [0.25, 0.3) is 5.91 Å². The summed E-state index contributed by atoms with van der Waals surface area (Å²) in [6, 6.07) is 13.3. The number of carboxylic acid groups (broad SMARTS) is 1. The molecule has 3 aliphatic heterocycles. The zero-order chi connectivity index (χ0) is 25.6. The maximum absolute atomic E-state index is 13.2. The standard InChI is InChI=1S/C28H34N4O5/c33-26(34)17-21(20-7-8-24-25(16-20)37-18-36-24)6-5-19-9-13-32(14-10-19)27(35)22-3-1-4-23(15-22)31-28-29-11-2-12-30-28/h1,3-4,7-8,15-16,19,21H,2,5-6,9-14,17-18H2,(H,33,34)(H2,29,30,31). The largest absolute Gasteiger partial charge is 0.481 e. The molecular weight excluding hydrogens is 472 g/mol. The van der Waals surface area contributed by atoms with Gasteiger partial charge in [0.1, 0.15) is 0 Å². The van der Waals surface area contributed by atoms with Gasteiger partial charge in [0.2, 0.25) is 6.79 Å². The maximum Gasteiger partial charge on any atom is 0.303 e. The smallest absolute Gasteiger partial charge is 0.303 e. The van der Waals surface area contributed by atoms with Crippen LogP contribution >= 0.6 is 0 Å². The molecule has 1 unspecified atom stereocenters. The lowest BCUT2D eigenvalue weighted by atomic mass is 9.84. The Kier molecular flexibility index (Phi) is 7.77. The zero-order valence-corrected chi connectivity index (χ0v) is 20.9. The van der Waals surface area contributed by atoms with Crippen molar-refractivity contribution in [2.24, 2.45) is 10.9 Å². The van der Waals surface area contributed by atoms with Gasteiger partial charge in [0, 0.05) is 37.4 Å². The first-order chi connectivity index (χ1) is 18.0. The lowest BCUT2D eigenvalue weighted by Crippen LogP contribution is -2.38. The van der Waals surface area contributed by atoms with Crippen LogP contribution in [0.4, 0.5) is 5.69 Å². The Balaban J connectivity index is 1.14. The molecule has 5 rings (SSSR count). The van der Waals surface area contributed by atoms with Crippen molar-refractivity contribution in [1.82, 2.24) is 10.2 Å². The lowest BCUT2D eigenvalue weighted by molar-refractivity contribution is -0.137. The second-order valence-electron chi connectivity index (χ2n) is 9.94. The molecule has 3 N–H and O–H groups in total. The van der Waals surface area contributed by atoms with E-state index in [2.05, 4.69) is 15.6 Å². The quantitative estimate of drug-likeness (QED) is 0.495. The molecule has 196 valence electrons. The molecule has 0 bridgehead atoms. The van der Waals surface area contributed by atoms with Gasteiger partial charge in [-0.1, -0.05) is 12.1 Å². The molecule has 9 heteroatoms. The van der Waals surface area contributed by atoms with E-state index < -0.39 is 5.97 Å². The minimum Gasteiger partial charge on any atom is -0.481 e. The summed E-state index contributed by atoms with van der Waals surface area (Å²) < 4.78 is 10.9. The fraction of sp³-hybridized carbons (Fsp3) is 0.464. The van der Waals surface area contributed by atoms with Crippen LogP contribution in [0.25, 0.3) is 0 Å². The van der Waals surface area contributed by atoms with E-state index in [9.17, 15) is 14.7 Å². The number of carbonyl (C=O) groups excluding carboxylic acids is 1. The molecule has 1 saturated heterocycles. The van der Waals surface area contributed by atoms with Crippen molar-refractivity contribution >= 4 is 23.5 Å². The third kappa shape index (κ3) is 6.34. The van der Waals surface area contributed by atoms with Crippen LogP contribution in [0, 0.1) is 5.92 Å². The number of aliphatic imine (C=N–C) groups is 1. The van der Waals surface area contributed by atoms with Crippen molar-refractivity contribution in [2.45, 2.75) is 44.4 Å². The molecule has 1 amide bonds. The molecule has 3 aliphatic rings. The lowest BCUT2D eigenvalue weighted by Gasteiger charge is -2.33. The van der Waals surface area contributed by atoms with E-state index in [1.807, 2.05) is 47.4 Å². The molecule has 9 nitrogen and oxygen atoms in total. The number of amides is 1. The Morgan fingerprint density at radius 3 is 2.76 bits per heavy atom. The molecule has 0 radical (unpaired) electrons. The molecule has 1 fully saturated rings. The summed E-state index contributed by atoms with van der Waals surface area (Å²) in [4.78, 5) is 31.1. The topological polar surface area (TPSA) is 112 Å². The van der Waals surface area contributed by atoms with Crippen molar-refractivity contribution in [3.8, 4) is 11.5 Å². The number of carboxylic acids is 1. The van der Waals surface area contributed by atoms with E-state index >= 15 is 0 Å². The number of guanidine groups is 1. The van der Waals surface area contributed by atoms with Gasteiger partial charge in [0.05, 0.1) is 6.42 Å². The van der Waals surface area contributed by atoms with Gasteiger partial charge in [-0.3, -0.25) is 14.6 Å². The number of aliphatic carboxylic acids is 1. The van der Waals surface area contributed by atoms with Crippen molar-refractivity contribution in [1.29, 1.82) is 0 Å². The predicted molar refractivity (Wildman–Crippen MR) is 140 cm³/mol. The molecule has 0 aliphatic carbocycles. The Labute approximate surface area is 216 Å². The Morgan fingerprint density at radius 1 is 1.14 bits per heavy atom. The van der Waals surface area contributed by atoms with Gasteiger partial charge in [-0.15, -0.1) is 0 Å². The summed E-state index contributed by atoms with van der Waals surface area (Å²) in [6.45, 7) is 3.32. The highest BCUT2D eigenvalue weighted by Gasteiger charge is 2.26. The maximum atomic E-state index is 13.2. The molecule has 2 aromatic rings. The summed E-state index contributed by atoms with van der Waals surface area (Å²) in [5.41, 5.74) is 2.49. The number of hydrogen-bond donors (Lipinski definition) is 3. The molecule has 0 saturated carbocycles. The average Bonchev–Trinajstić information content (AvgIpc) is 3.40. The third-order valence-corrected chi connectivity index (χ3v) is 7.38. The minimum absolute atomic E-state index is 0.0461. The summed E-state index contributed by atoms with van der Waals surface area (Å²) in [5, 5.41) is 16.0. The molecule has 37 heavy (non-hydrogen) atoms. The fourth-order valence-corrected chi connectivity index (χ4v) is 5.29. The summed E-state index contributed by atoms with van der Waals surface area (Å²) >= 11 is 0. The molecule has 0 aromatic heterocycles. The molecule has 3 heterocycles. The van der Waals surface area contributed by atoms with Crippen LogP contribution in [0.2, 0.25) is 0 Å². The molecule has 2 aromatic carbocycles. The van der Waals surface area contributed by atoms with Crippen LogP contribution in [-0.2, 0) is 4.79 Å². The molecule has 1 atom stereocenters. The number of carbonyl (C=O) groups is 2. The number of hydrogen-bond acceptors (Lipinski definition) is 7. The monoisotopic (exact) mass is 506 g/mol. The van der Waals surface area contributed by atoms with E-state index in [-0.39, 0.29) is 25.0 Å². The Hall–Kier alpha value is -3.75. The van der Waals surface area contributed by atoms with Crippen LogP contribution in [0.1, 0.15) is 60.4 Å². The second kappa shape index (κ2) is 11.5.